The summed E-state index contributed by atoms with van der Waals surface area (Å²) in [7, 11) is 1.65. The molecule has 4 heteroatoms. The predicted octanol–water partition coefficient (Wildman–Crippen LogP) is 1.97. The first-order valence-corrected chi connectivity index (χ1v) is 5.54. The topological polar surface area (TPSA) is 60.8 Å². The number of fused-ring (bicyclic) bond motifs is 1. The summed E-state index contributed by atoms with van der Waals surface area (Å²) in [5, 5.41) is 13.4. The molecule has 1 atom stereocenters. The Morgan fingerprint density at radius 3 is 3.06 bits per heavy atom. The van der Waals surface area contributed by atoms with Crippen molar-refractivity contribution >= 4 is 10.9 Å². The van der Waals surface area contributed by atoms with Gasteiger partial charge in [-0.25, -0.2) is 0 Å². The number of hydrogen-bond donors (Lipinski definition) is 2. The van der Waals surface area contributed by atoms with Crippen LogP contribution in [-0.2, 0) is 4.74 Å². The van der Waals surface area contributed by atoms with Gasteiger partial charge < -0.3 is 9.72 Å². The first-order valence-electron chi connectivity index (χ1n) is 5.54. The van der Waals surface area contributed by atoms with Gasteiger partial charge in [0, 0.05) is 36.3 Å². The largest absolute Gasteiger partial charge is 0.383 e. The lowest BCUT2D eigenvalue weighted by Gasteiger charge is -2.10. The van der Waals surface area contributed by atoms with E-state index in [1.807, 2.05) is 30.5 Å². The van der Waals surface area contributed by atoms with Gasteiger partial charge in [-0.1, -0.05) is 18.2 Å². The summed E-state index contributed by atoms with van der Waals surface area (Å²) < 4.78 is 4.96. The van der Waals surface area contributed by atoms with Crippen LogP contribution in [0.15, 0.2) is 30.5 Å². The van der Waals surface area contributed by atoms with Crippen molar-refractivity contribution in [3.63, 3.8) is 0 Å². The van der Waals surface area contributed by atoms with Gasteiger partial charge in [-0.05, 0) is 6.07 Å². The lowest BCUT2D eigenvalue weighted by molar-refractivity contribution is 0.198. The molecule has 0 saturated heterocycles. The quantitative estimate of drug-likeness (QED) is 0.770. The molecule has 2 aromatic rings. The van der Waals surface area contributed by atoms with Crippen LogP contribution in [0.4, 0.5) is 0 Å². The highest BCUT2D eigenvalue weighted by molar-refractivity contribution is 5.83. The first-order chi connectivity index (χ1) is 8.36. The van der Waals surface area contributed by atoms with E-state index in [4.69, 9.17) is 4.74 Å². The number of para-hydroxylation sites is 1. The molecular formula is C13H15N3O. The van der Waals surface area contributed by atoms with Crippen LogP contribution >= 0.6 is 0 Å². The number of nitriles is 1. The van der Waals surface area contributed by atoms with Gasteiger partial charge in [0.1, 0.15) is 6.04 Å². The molecule has 1 heterocycles. The Balaban J connectivity index is 2.22. The summed E-state index contributed by atoms with van der Waals surface area (Å²) in [6, 6.07) is 9.93. The summed E-state index contributed by atoms with van der Waals surface area (Å²) in [6.07, 6.45) is 1.89. The van der Waals surface area contributed by atoms with Crippen LogP contribution in [0.2, 0.25) is 0 Å². The van der Waals surface area contributed by atoms with E-state index in [-0.39, 0.29) is 6.04 Å². The third-order valence-electron chi connectivity index (χ3n) is 2.72. The van der Waals surface area contributed by atoms with Crippen molar-refractivity contribution in [3.05, 3.63) is 36.0 Å². The fourth-order valence-corrected chi connectivity index (χ4v) is 1.86. The Bertz CT molecular complexity index is 527. The molecule has 88 valence electrons. The van der Waals surface area contributed by atoms with Crippen LogP contribution in [0.3, 0.4) is 0 Å². The van der Waals surface area contributed by atoms with Gasteiger partial charge >= 0.3 is 0 Å². The van der Waals surface area contributed by atoms with E-state index < -0.39 is 0 Å². The van der Waals surface area contributed by atoms with Crippen molar-refractivity contribution < 1.29 is 4.74 Å². The van der Waals surface area contributed by atoms with E-state index in [1.165, 1.54) is 0 Å². The first kappa shape index (κ1) is 11.6. The zero-order chi connectivity index (χ0) is 12.1. The molecule has 2 rings (SSSR count). The molecule has 1 aromatic heterocycles. The maximum absolute atomic E-state index is 9.19. The third-order valence-corrected chi connectivity index (χ3v) is 2.72. The molecule has 0 saturated carbocycles. The number of nitrogens with one attached hydrogen (secondary N) is 2. The molecule has 4 nitrogen and oxygen atoms in total. The molecular weight excluding hydrogens is 214 g/mol. The van der Waals surface area contributed by atoms with E-state index in [2.05, 4.69) is 16.4 Å². The van der Waals surface area contributed by atoms with Gasteiger partial charge in [-0.3, -0.25) is 5.32 Å². The summed E-state index contributed by atoms with van der Waals surface area (Å²) >= 11 is 0. The smallest absolute Gasteiger partial charge is 0.123 e. The van der Waals surface area contributed by atoms with Gasteiger partial charge in [0.2, 0.25) is 0 Å². The number of rotatable bonds is 5. The minimum absolute atomic E-state index is 0.304. The summed E-state index contributed by atoms with van der Waals surface area (Å²) in [4.78, 5) is 3.17. The second-order valence-electron chi connectivity index (χ2n) is 3.80. The van der Waals surface area contributed by atoms with E-state index >= 15 is 0 Å². The van der Waals surface area contributed by atoms with Crippen LogP contribution in [0.1, 0.15) is 11.6 Å². The van der Waals surface area contributed by atoms with Crippen LogP contribution in [0, 0.1) is 11.3 Å². The molecule has 17 heavy (non-hydrogen) atoms. The van der Waals surface area contributed by atoms with Crippen LogP contribution in [-0.4, -0.2) is 25.2 Å². The average molecular weight is 229 g/mol. The Labute approximate surface area is 100 Å². The highest BCUT2D eigenvalue weighted by Crippen LogP contribution is 2.23. The molecule has 0 aliphatic carbocycles. The molecule has 0 bridgehead atoms. The molecule has 1 aromatic carbocycles. The number of hydrogen-bond acceptors (Lipinski definition) is 3. The number of ether oxygens (including phenoxy) is 1. The van der Waals surface area contributed by atoms with Crippen molar-refractivity contribution in [2.45, 2.75) is 6.04 Å². The van der Waals surface area contributed by atoms with Crippen molar-refractivity contribution in [1.82, 2.24) is 10.3 Å². The molecule has 0 aliphatic heterocycles. The van der Waals surface area contributed by atoms with E-state index in [9.17, 15) is 5.26 Å². The maximum atomic E-state index is 9.19. The molecule has 0 amide bonds. The van der Waals surface area contributed by atoms with Crippen LogP contribution < -0.4 is 5.32 Å². The number of H-pyrrole nitrogens is 1. The monoisotopic (exact) mass is 229 g/mol. The van der Waals surface area contributed by atoms with Crippen LogP contribution in [0.5, 0.6) is 0 Å². The zero-order valence-electron chi connectivity index (χ0n) is 9.73. The summed E-state index contributed by atoms with van der Waals surface area (Å²) in [5.41, 5.74) is 2.04. The lowest BCUT2D eigenvalue weighted by atomic mass is 10.1. The third kappa shape index (κ3) is 2.47. The molecule has 1 unspecified atom stereocenters. The van der Waals surface area contributed by atoms with Gasteiger partial charge in [-0.2, -0.15) is 5.26 Å². The maximum Gasteiger partial charge on any atom is 0.123 e. The second kappa shape index (κ2) is 5.48. The Morgan fingerprint density at radius 2 is 2.29 bits per heavy atom. The number of nitrogens with zero attached hydrogens (tertiary/aromatic N) is 1. The fraction of sp³-hybridized carbons (Fsp3) is 0.308. The highest BCUT2D eigenvalue weighted by atomic mass is 16.5. The van der Waals surface area contributed by atoms with Crippen molar-refractivity contribution in [1.29, 1.82) is 5.26 Å². The fourth-order valence-electron chi connectivity index (χ4n) is 1.86. The number of methoxy groups -OCH3 is 1. The molecule has 0 aliphatic rings. The predicted molar refractivity (Wildman–Crippen MR) is 66.5 cm³/mol. The Hall–Kier alpha value is -1.83. The summed E-state index contributed by atoms with van der Waals surface area (Å²) in [5.74, 6) is 0. The standard InChI is InChI=1S/C13H15N3O/c1-17-7-6-15-13(8-14)11-9-16-12-5-3-2-4-10(11)12/h2-5,9,13,15-16H,6-7H2,1H3. The zero-order valence-corrected chi connectivity index (χ0v) is 9.73. The van der Waals surface area contributed by atoms with Gasteiger partial charge in [0.15, 0.2) is 0 Å². The molecule has 0 fully saturated rings. The highest BCUT2D eigenvalue weighted by Gasteiger charge is 2.13. The number of aromatic amines is 1. The van der Waals surface area contributed by atoms with Crippen molar-refractivity contribution in [3.8, 4) is 6.07 Å². The average Bonchev–Trinajstić information content (AvgIpc) is 2.79. The normalized spacial score (nSPS) is 12.5. The van der Waals surface area contributed by atoms with E-state index in [0.717, 1.165) is 16.5 Å². The Kier molecular flexibility index (Phi) is 3.76. The number of benzene rings is 1. The van der Waals surface area contributed by atoms with Crippen LogP contribution in [0.25, 0.3) is 10.9 Å². The minimum atomic E-state index is -0.304. The minimum Gasteiger partial charge on any atom is -0.383 e. The lowest BCUT2D eigenvalue weighted by Crippen LogP contribution is -2.23. The molecule has 0 radical (unpaired) electrons. The van der Waals surface area contributed by atoms with E-state index in [0.29, 0.717) is 13.2 Å². The van der Waals surface area contributed by atoms with Crippen molar-refractivity contribution in [2.75, 3.05) is 20.3 Å². The molecule has 0 spiro atoms. The summed E-state index contributed by atoms with van der Waals surface area (Å²) in [6.45, 7) is 1.26. The SMILES string of the molecule is COCCNC(C#N)c1c[nH]c2ccccc12. The van der Waals surface area contributed by atoms with Gasteiger partial charge in [0.05, 0.1) is 12.7 Å². The second-order valence-corrected chi connectivity index (χ2v) is 3.80. The van der Waals surface area contributed by atoms with Gasteiger partial charge in [-0.15, -0.1) is 0 Å². The Morgan fingerprint density at radius 1 is 1.47 bits per heavy atom. The van der Waals surface area contributed by atoms with E-state index in [1.54, 1.807) is 7.11 Å². The van der Waals surface area contributed by atoms with Gasteiger partial charge in [0.25, 0.3) is 0 Å². The van der Waals surface area contributed by atoms with Crippen molar-refractivity contribution in [2.24, 2.45) is 0 Å². The number of aromatic nitrogens is 1. The molecule has 2 N–H and O–H groups in total.